The highest BCUT2D eigenvalue weighted by atomic mass is 35.5. The van der Waals surface area contributed by atoms with Crippen molar-refractivity contribution >= 4 is 35.3 Å². The van der Waals surface area contributed by atoms with Gasteiger partial charge in [-0.3, -0.25) is 4.79 Å². The zero-order valence-electron chi connectivity index (χ0n) is 14.2. The Hall–Kier alpha value is -2.56. The monoisotopic (exact) mass is 398 g/mol. The Balaban J connectivity index is 1.36. The van der Waals surface area contributed by atoms with Gasteiger partial charge in [-0.1, -0.05) is 53.5 Å². The average molecular weight is 399 g/mol. The van der Waals surface area contributed by atoms with Gasteiger partial charge in [-0.25, -0.2) is 5.43 Å². The van der Waals surface area contributed by atoms with Crippen LogP contribution in [0.1, 0.15) is 23.7 Å². The van der Waals surface area contributed by atoms with Crippen molar-refractivity contribution < 1.29 is 9.21 Å². The lowest BCUT2D eigenvalue weighted by Crippen LogP contribution is -2.20. The van der Waals surface area contributed by atoms with Crippen LogP contribution in [0.25, 0.3) is 11.3 Å². The molecular formula is C21H16Cl2N2O2. The van der Waals surface area contributed by atoms with E-state index >= 15 is 0 Å². The van der Waals surface area contributed by atoms with Gasteiger partial charge in [-0.2, -0.15) is 5.10 Å². The summed E-state index contributed by atoms with van der Waals surface area (Å²) in [5, 5.41) is 5.12. The number of benzene rings is 2. The predicted octanol–water partition coefficient (Wildman–Crippen LogP) is 5.51. The molecule has 0 aliphatic heterocycles. The molecule has 0 radical (unpaired) electrons. The van der Waals surface area contributed by atoms with Crippen LogP contribution in [-0.4, -0.2) is 12.1 Å². The molecule has 4 rings (SSSR count). The van der Waals surface area contributed by atoms with Gasteiger partial charge in [0.15, 0.2) is 0 Å². The van der Waals surface area contributed by atoms with Crippen LogP contribution in [0.2, 0.25) is 10.0 Å². The lowest BCUT2D eigenvalue weighted by atomic mass is 10.1. The standard InChI is InChI=1S/C21H16Cl2N2O2/c22-14-6-8-19(23)18(10-14)20-9-7-15(27-20)12-24-25-21(26)17-11-16(17)13-4-2-1-3-5-13/h1-10,12,16-17H,11H2,(H,25,26)/b24-12+/t16-,17+/m1/s1. The van der Waals surface area contributed by atoms with Gasteiger partial charge in [0, 0.05) is 16.5 Å². The first-order valence-corrected chi connectivity index (χ1v) is 9.30. The normalized spacial score (nSPS) is 18.6. The van der Waals surface area contributed by atoms with Gasteiger partial charge in [-0.15, -0.1) is 0 Å². The minimum absolute atomic E-state index is 0.0259. The van der Waals surface area contributed by atoms with E-state index < -0.39 is 0 Å². The van der Waals surface area contributed by atoms with Gasteiger partial charge in [0.25, 0.3) is 0 Å². The molecule has 1 aliphatic rings. The molecule has 4 nitrogen and oxygen atoms in total. The third-order valence-electron chi connectivity index (χ3n) is 4.54. The van der Waals surface area contributed by atoms with E-state index in [1.807, 2.05) is 30.3 Å². The van der Waals surface area contributed by atoms with Gasteiger partial charge in [0.05, 0.1) is 11.2 Å². The summed E-state index contributed by atoms with van der Waals surface area (Å²) in [6, 6.07) is 18.8. The summed E-state index contributed by atoms with van der Waals surface area (Å²) in [6.45, 7) is 0. The molecular weight excluding hydrogens is 383 g/mol. The van der Waals surface area contributed by atoms with Gasteiger partial charge >= 0.3 is 0 Å². The number of carbonyl (C=O) groups excluding carboxylic acids is 1. The number of hydrazone groups is 1. The summed E-state index contributed by atoms with van der Waals surface area (Å²) >= 11 is 12.2. The fourth-order valence-electron chi connectivity index (χ4n) is 3.05. The fourth-order valence-corrected chi connectivity index (χ4v) is 3.43. The molecule has 0 spiro atoms. The summed E-state index contributed by atoms with van der Waals surface area (Å²) < 4.78 is 5.71. The number of rotatable bonds is 5. The molecule has 1 amide bonds. The van der Waals surface area contributed by atoms with Crippen LogP contribution >= 0.6 is 23.2 Å². The number of carbonyl (C=O) groups is 1. The molecule has 0 unspecified atom stereocenters. The number of nitrogens with zero attached hydrogens (tertiary/aromatic N) is 1. The molecule has 2 aromatic carbocycles. The minimum Gasteiger partial charge on any atom is -0.455 e. The predicted molar refractivity (Wildman–Crippen MR) is 107 cm³/mol. The van der Waals surface area contributed by atoms with Crippen LogP contribution in [0.4, 0.5) is 0 Å². The summed E-state index contributed by atoms with van der Waals surface area (Å²) in [7, 11) is 0. The smallest absolute Gasteiger partial charge is 0.243 e. The van der Waals surface area contributed by atoms with E-state index in [-0.39, 0.29) is 17.7 Å². The van der Waals surface area contributed by atoms with Crippen LogP contribution in [-0.2, 0) is 4.79 Å². The maximum Gasteiger partial charge on any atom is 0.243 e. The van der Waals surface area contributed by atoms with Crippen molar-refractivity contribution in [1.82, 2.24) is 5.43 Å². The highest BCUT2D eigenvalue weighted by Crippen LogP contribution is 2.47. The first kappa shape index (κ1) is 17.8. The van der Waals surface area contributed by atoms with Crippen molar-refractivity contribution in [1.29, 1.82) is 0 Å². The maximum absolute atomic E-state index is 12.2. The van der Waals surface area contributed by atoms with Crippen LogP contribution in [0.5, 0.6) is 0 Å². The Morgan fingerprint density at radius 3 is 2.74 bits per heavy atom. The first-order valence-electron chi connectivity index (χ1n) is 8.55. The molecule has 1 N–H and O–H groups in total. The Morgan fingerprint density at radius 1 is 1.11 bits per heavy atom. The second-order valence-corrected chi connectivity index (χ2v) is 7.26. The molecule has 1 fully saturated rings. The highest BCUT2D eigenvalue weighted by Gasteiger charge is 2.43. The second kappa shape index (κ2) is 7.59. The van der Waals surface area contributed by atoms with Crippen molar-refractivity contribution in [2.75, 3.05) is 0 Å². The third-order valence-corrected chi connectivity index (χ3v) is 5.11. The Bertz CT molecular complexity index is 998. The maximum atomic E-state index is 12.2. The molecule has 1 saturated carbocycles. The first-order chi connectivity index (χ1) is 13.1. The summed E-state index contributed by atoms with van der Waals surface area (Å²) in [6.07, 6.45) is 2.32. The van der Waals surface area contributed by atoms with Crippen LogP contribution < -0.4 is 5.43 Å². The molecule has 0 saturated heterocycles. The van der Waals surface area contributed by atoms with E-state index in [0.717, 1.165) is 6.42 Å². The van der Waals surface area contributed by atoms with Crippen molar-refractivity contribution in [2.45, 2.75) is 12.3 Å². The number of nitrogens with one attached hydrogen (secondary N) is 1. The molecule has 27 heavy (non-hydrogen) atoms. The number of hydrogen-bond donors (Lipinski definition) is 1. The van der Waals surface area contributed by atoms with Crippen molar-refractivity contribution in [3.05, 3.63) is 82.0 Å². The summed E-state index contributed by atoms with van der Waals surface area (Å²) in [5.74, 6) is 1.27. The van der Waals surface area contributed by atoms with Crippen molar-refractivity contribution in [3.63, 3.8) is 0 Å². The number of hydrogen-bond acceptors (Lipinski definition) is 3. The summed E-state index contributed by atoms with van der Waals surface area (Å²) in [5.41, 5.74) is 4.48. The van der Waals surface area contributed by atoms with Gasteiger partial charge in [-0.05, 0) is 48.2 Å². The van der Waals surface area contributed by atoms with Crippen LogP contribution in [0.3, 0.4) is 0 Å². The van der Waals surface area contributed by atoms with Crippen LogP contribution in [0, 0.1) is 5.92 Å². The molecule has 3 aromatic rings. The lowest BCUT2D eigenvalue weighted by molar-refractivity contribution is -0.122. The molecule has 1 heterocycles. The molecule has 0 bridgehead atoms. The SMILES string of the molecule is O=C(N/N=C/c1ccc(-c2cc(Cl)ccc2Cl)o1)[C@H]1C[C@@H]1c1ccccc1. The molecule has 136 valence electrons. The van der Waals surface area contributed by atoms with Crippen molar-refractivity contribution in [2.24, 2.45) is 11.0 Å². The molecule has 1 aromatic heterocycles. The minimum atomic E-state index is -0.0789. The molecule has 1 aliphatic carbocycles. The largest absolute Gasteiger partial charge is 0.455 e. The zero-order chi connectivity index (χ0) is 18.8. The van der Waals surface area contributed by atoms with Gasteiger partial charge in [0.2, 0.25) is 5.91 Å². The van der Waals surface area contributed by atoms with E-state index in [1.165, 1.54) is 11.8 Å². The fraction of sp³-hybridized carbons (Fsp3) is 0.143. The van der Waals surface area contributed by atoms with E-state index in [4.69, 9.17) is 27.6 Å². The number of amides is 1. The Morgan fingerprint density at radius 2 is 1.93 bits per heavy atom. The van der Waals surface area contributed by atoms with Gasteiger partial charge < -0.3 is 4.42 Å². The average Bonchev–Trinajstić information content (AvgIpc) is 3.36. The van der Waals surface area contributed by atoms with Crippen molar-refractivity contribution in [3.8, 4) is 11.3 Å². The summed E-state index contributed by atoms with van der Waals surface area (Å²) in [4.78, 5) is 12.2. The molecule has 2 atom stereocenters. The highest BCUT2D eigenvalue weighted by molar-refractivity contribution is 6.35. The molecule has 6 heteroatoms. The van der Waals surface area contributed by atoms with E-state index in [9.17, 15) is 4.79 Å². The van der Waals surface area contributed by atoms with E-state index in [1.54, 1.807) is 30.3 Å². The Labute approximate surface area is 166 Å². The topological polar surface area (TPSA) is 54.6 Å². The second-order valence-electron chi connectivity index (χ2n) is 6.42. The number of furan rings is 1. The quantitative estimate of drug-likeness (QED) is 0.455. The zero-order valence-corrected chi connectivity index (χ0v) is 15.7. The van der Waals surface area contributed by atoms with Crippen LogP contribution in [0.15, 0.2) is 70.2 Å². The third kappa shape index (κ3) is 4.07. The van der Waals surface area contributed by atoms with E-state index in [0.29, 0.717) is 27.1 Å². The Kier molecular flexibility index (Phi) is 5.01. The number of halogens is 2. The van der Waals surface area contributed by atoms with E-state index in [2.05, 4.69) is 10.5 Å². The van der Waals surface area contributed by atoms with Gasteiger partial charge in [0.1, 0.15) is 11.5 Å². The lowest BCUT2D eigenvalue weighted by Gasteiger charge is -2.01.